The Hall–Kier alpha value is -3.08. The van der Waals surface area contributed by atoms with Gasteiger partial charge < -0.3 is 20.1 Å². The van der Waals surface area contributed by atoms with Crippen LogP contribution in [0.4, 0.5) is 10.5 Å². The molecule has 1 heterocycles. The predicted octanol–water partition coefficient (Wildman–Crippen LogP) is 3.93. The molecule has 0 bridgehead atoms. The highest BCUT2D eigenvalue weighted by atomic mass is 127. The molecule has 0 aromatic heterocycles. The summed E-state index contributed by atoms with van der Waals surface area (Å²) in [5, 5.41) is 5.21. The lowest BCUT2D eigenvalue weighted by Crippen LogP contribution is -2.38. The minimum Gasteiger partial charge on any atom is -0.493 e. The van der Waals surface area contributed by atoms with Crippen LogP contribution in [-0.4, -0.2) is 42.5 Å². The summed E-state index contributed by atoms with van der Waals surface area (Å²) in [4.78, 5) is 38.2. The number of urea groups is 1. The molecule has 2 aromatic carbocycles. The Balaban J connectivity index is 1.75. The molecule has 8 nitrogen and oxygen atoms in total. The van der Waals surface area contributed by atoms with Gasteiger partial charge in [-0.15, -0.1) is 0 Å². The highest BCUT2D eigenvalue weighted by molar-refractivity contribution is 14.1. The number of benzene rings is 2. The number of anilines is 1. The number of hydrogen-bond acceptors (Lipinski definition) is 5. The van der Waals surface area contributed by atoms with Crippen molar-refractivity contribution in [1.29, 1.82) is 0 Å². The number of amides is 4. The summed E-state index contributed by atoms with van der Waals surface area (Å²) in [6.45, 7) is 5.38. The average Bonchev–Trinajstić information content (AvgIpc) is 2.98. The minimum atomic E-state index is -0.651. The summed E-state index contributed by atoms with van der Waals surface area (Å²) < 4.78 is 12.0. The molecule has 0 spiro atoms. The molecule has 1 fully saturated rings. The molecule has 2 aromatic rings. The Kier molecular flexibility index (Phi) is 7.39. The normalized spacial score (nSPS) is 14.7. The molecule has 1 aliphatic heterocycles. The first kappa shape index (κ1) is 23.6. The molecule has 9 heteroatoms. The number of carbonyl (C=O) groups is 3. The van der Waals surface area contributed by atoms with Crippen LogP contribution >= 0.6 is 22.6 Å². The van der Waals surface area contributed by atoms with Gasteiger partial charge in [0.25, 0.3) is 5.91 Å². The summed E-state index contributed by atoms with van der Waals surface area (Å²) >= 11 is 2.13. The summed E-state index contributed by atoms with van der Waals surface area (Å²) in [5.41, 5.74) is 2.38. The number of carbonyl (C=O) groups excluding carboxylic acids is 3. The lowest BCUT2D eigenvalue weighted by atomic mass is 10.1. The first-order valence-corrected chi connectivity index (χ1v) is 11.0. The van der Waals surface area contributed by atoms with Crippen LogP contribution in [0.2, 0.25) is 0 Å². The van der Waals surface area contributed by atoms with Gasteiger partial charge in [-0.25, -0.2) is 9.69 Å². The molecular weight excluding hydrogens is 525 g/mol. The van der Waals surface area contributed by atoms with E-state index in [0.717, 1.165) is 14.0 Å². The van der Waals surface area contributed by atoms with E-state index in [1.807, 2.05) is 39.0 Å². The second-order valence-electron chi connectivity index (χ2n) is 7.49. The Morgan fingerprint density at radius 3 is 2.53 bits per heavy atom. The molecule has 0 radical (unpaired) electrons. The number of nitrogens with one attached hydrogen (secondary N) is 2. The minimum absolute atomic E-state index is 0.0306. The second-order valence-corrected chi connectivity index (χ2v) is 8.66. The average molecular weight is 549 g/mol. The van der Waals surface area contributed by atoms with Crippen molar-refractivity contribution in [2.24, 2.45) is 0 Å². The Morgan fingerprint density at radius 2 is 1.91 bits per heavy atom. The van der Waals surface area contributed by atoms with Crippen molar-refractivity contribution in [2.45, 2.75) is 26.9 Å². The lowest BCUT2D eigenvalue weighted by molar-refractivity contribution is -0.127. The predicted molar refractivity (Wildman–Crippen MR) is 130 cm³/mol. The number of methoxy groups -OCH3 is 1. The van der Waals surface area contributed by atoms with Crippen molar-refractivity contribution in [1.82, 2.24) is 10.2 Å². The van der Waals surface area contributed by atoms with E-state index >= 15 is 0 Å². The Bertz CT molecular complexity index is 1080. The summed E-state index contributed by atoms with van der Waals surface area (Å²) in [5.74, 6) is 0.0838. The number of rotatable bonds is 7. The molecule has 2 N–H and O–H groups in total. The zero-order valence-corrected chi connectivity index (χ0v) is 20.3. The van der Waals surface area contributed by atoms with Gasteiger partial charge in [0.2, 0.25) is 5.91 Å². The van der Waals surface area contributed by atoms with Gasteiger partial charge in [-0.1, -0.05) is 17.7 Å². The van der Waals surface area contributed by atoms with Crippen LogP contribution in [0.5, 0.6) is 11.5 Å². The summed E-state index contributed by atoms with van der Waals surface area (Å²) in [6, 6.07) is 10.1. The SMILES string of the molecule is COc1cc(/C=C2/NC(=O)N(CC(=O)Nc3ccc(C)cc3)C2=O)cc(I)c1OC(C)C. The molecule has 1 saturated heterocycles. The zero-order valence-electron chi connectivity index (χ0n) is 18.2. The fourth-order valence-corrected chi connectivity index (χ4v) is 3.79. The molecule has 32 heavy (non-hydrogen) atoms. The van der Waals surface area contributed by atoms with Crippen molar-refractivity contribution in [3.63, 3.8) is 0 Å². The van der Waals surface area contributed by atoms with Crippen LogP contribution in [0.3, 0.4) is 0 Å². The van der Waals surface area contributed by atoms with Crippen molar-refractivity contribution in [3.05, 3.63) is 56.8 Å². The van der Waals surface area contributed by atoms with E-state index in [4.69, 9.17) is 9.47 Å². The van der Waals surface area contributed by atoms with E-state index in [-0.39, 0.29) is 11.8 Å². The van der Waals surface area contributed by atoms with Gasteiger partial charge >= 0.3 is 6.03 Å². The van der Waals surface area contributed by atoms with E-state index < -0.39 is 24.4 Å². The van der Waals surface area contributed by atoms with Crippen LogP contribution in [0.15, 0.2) is 42.1 Å². The third-order valence-corrected chi connectivity index (χ3v) is 5.32. The molecule has 0 atom stereocenters. The first-order chi connectivity index (χ1) is 15.2. The molecule has 3 rings (SSSR count). The maximum atomic E-state index is 12.7. The molecule has 4 amide bonds. The van der Waals surface area contributed by atoms with Crippen LogP contribution < -0.4 is 20.1 Å². The van der Waals surface area contributed by atoms with E-state index in [1.165, 1.54) is 7.11 Å². The highest BCUT2D eigenvalue weighted by Gasteiger charge is 2.35. The third-order valence-electron chi connectivity index (χ3n) is 4.52. The first-order valence-electron chi connectivity index (χ1n) is 9.93. The molecule has 0 unspecified atom stereocenters. The molecule has 0 aliphatic carbocycles. The monoisotopic (exact) mass is 549 g/mol. The van der Waals surface area contributed by atoms with Crippen molar-refractivity contribution in [3.8, 4) is 11.5 Å². The van der Waals surface area contributed by atoms with Crippen LogP contribution in [0.25, 0.3) is 6.08 Å². The van der Waals surface area contributed by atoms with E-state index in [9.17, 15) is 14.4 Å². The highest BCUT2D eigenvalue weighted by Crippen LogP contribution is 2.35. The molecular formula is C23H24IN3O5. The van der Waals surface area contributed by atoms with Crippen LogP contribution in [0, 0.1) is 10.5 Å². The van der Waals surface area contributed by atoms with Crippen molar-refractivity contribution in [2.75, 3.05) is 19.0 Å². The summed E-state index contributed by atoms with van der Waals surface area (Å²) in [7, 11) is 1.53. The number of ether oxygens (including phenoxy) is 2. The largest absolute Gasteiger partial charge is 0.493 e. The standard InChI is InChI=1S/C23H24IN3O5/c1-13(2)32-21-17(24)9-15(11-19(21)31-4)10-18-22(29)27(23(30)26-18)12-20(28)25-16-7-5-14(3)6-8-16/h5-11,13H,12H2,1-4H3,(H,25,28)(H,26,30)/b18-10+. The van der Waals surface area contributed by atoms with Gasteiger partial charge in [0.1, 0.15) is 12.2 Å². The second kappa shape index (κ2) is 10.0. The fourth-order valence-electron chi connectivity index (χ4n) is 3.04. The van der Waals surface area contributed by atoms with Crippen molar-refractivity contribution >= 4 is 52.2 Å². The topological polar surface area (TPSA) is 97.0 Å². The number of imide groups is 1. The smallest absolute Gasteiger partial charge is 0.329 e. The Morgan fingerprint density at radius 1 is 1.22 bits per heavy atom. The van der Waals surface area contributed by atoms with E-state index in [0.29, 0.717) is 22.7 Å². The number of aryl methyl sites for hydroxylation is 1. The fraction of sp³-hybridized carbons (Fsp3) is 0.261. The maximum absolute atomic E-state index is 12.7. The zero-order chi connectivity index (χ0) is 23.4. The summed E-state index contributed by atoms with van der Waals surface area (Å²) in [6.07, 6.45) is 1.51. The number of nitrogens with zero attached hydrogens (tertiary/aromatic N) is 1. The van der Waals surface area contributed by atoms with E-state index in [2.05, 4.69) is 33.2 Å². The quantitative estimate of drug-likeness (QED) is 0.310. The van der Waals surface area contributed by atoms with Gasteiger partial charge in [-0.05, 0) is 79.3 Å². The lowest BCUT2D eigenvalue weighted by Gasteiger charge is -2.16. The van der Waals surface area contributed by atoms with Gasteiger partial charge in [0, 0.05) is 5.69 Å². The third kappa shape index (κ3) is 5.58. The number of halogens is 1. The van der Waals surface area contributed by atoms with Crippen LogP contribution in [0.1, 0.15) is 25.0 Å². The van der Waals surface area contributed by atoms with Gasteiger partial charge in [-0.3, -0.25) is 9.59 Å². The molecule has 1 aliphatic rings. The van der Waals surface area contributed by atoms with Gasteiger partial charge in [0.05, 0.1) is 16.8 Å². The Labute approximate surface area is 200 Å². The number of hydrogen-bond donors (Lipinski definition) is 2. The van der Waals surface area contributed by atoms with Gasteiger partial charge in [0.15, 0.2) is 11.5 Å². The van der Waals surface area contributed by atoms with E-state index in [1.54, 1.807) is 24.3 Å². The van der Waals surface area contributed by atoms with Crippen molar-refractivity contribution < 1.29 is 23.9 Å². The van der Waals surface area contributed by atoms with Crippen LogP contribution in [-0.2, 0) is 9.59 Å². The molecule has 168 valence electrons. The molecule has 0 saturated carbocycles. The van der Waals surface area contributed by atoms with Gasteiger partial charge in [-0.2, -0.15) is 0 Å². The maximum Gasteiger partial charge on any atom is 0.329 e.